The molecule has 1 aromatic carbocycles. The lowest BCUT2D eigenvalue weighted by Gasteiger charge is -2.07. The highest BCUT2D eigenvalue weighted by atomic mass is 16.5. The molecular formula is C13H18N2O3. The highest BCUT2D eigenvalue weighted by Gasteiger charge is 2.06. The molecule has 1 atom stereocenters. The average molecular weight is 250 g/mol. The van der Waals surface area contributed by atoms with Crippen molar-refractivity contribution in [2.45, 2.75) is 25.9 Å². The minimum atomic E-state index is -0.373. The summed E-state index contributed by atoms with van der Waals surface area (Å²) in [6.45, 7) is 2.21. The number of carbonyl (C=O) groups excluding carboxylic acids is 2. The van der Waals surface area contributed by atoms with E-state index in [1.807, 2.05) is 0 Å². The van der Waals surface area contributed by atoms with E-state index in [4.69, 9.17) is 5.73 Å². The molecule has 0 saturated carbocycles. The van der Waals surface area contributed by atoms with Crippen LogP contribution in [-0.4, -0.2) is 25.0 Å². The third-order valence-electron chi connectivity index (χ3n) is 2.37. The van der Waals surface area contributed by atoms with Crippen molar-refractivity contribution in [1.29, 1.82) is 0 Å². The number of rotatable bonds is 5. The van der Waals surface area contributed by atoms with Crippen LogP contribution in [0.3, 0.4) is 0 Å². The monoisotopic (exact) mass is 250 g/mol. The zero-order chi connectivity index (χ0) is 13.5. The first kappa shape index (κ1) is 14.2. The maximum atomic E-state index is 11.4. The Balaban J connectivity index is 2.49. The third-order valence-corrected chi connectivity index (χ3v) is 2.37. The summed E-state index contributed by atoms with van der Waals surface area (Å²) in [5, 5.41) is 2.76. The number of hydrogen-bond donors (Lipinski definition) is 2. The summed E-state index contributed by atoms with van der Waals surface area (Å²) in [5.74, 6) is -0.454. The summed E-state index contributed by atoms with van der Waals surface area (Å²) >= 11 is 0. The molecule has 0 spiro atoms. The first-order valence-corrected chi connectivity index (χ1v) is 5.72. The number of hydrogen-bond acceptors (Lipinski definition) is 4. The Morgan fingerprint density at radius 2 is 1.94 bits per heavy atom. The van der Waals surface area contributed by atoms with Crippen molar-refractivity contribution in [2.24, 2.45) is 5.73 Å². The van der Waals surface area contributed by atoms with Gasteiger partial charge in [-0.05, 0) is 24.6 Å². The Kier molecular flexibility index (Phi) is 5.32. The van der Waals surface area contributed by atoms with Crippen molar-refractivity contribution >= 4 is 11.9 Å². The first-order valence-electron chi connectivity index (χ1n) is 5.72. The number of methoxy groups -OCH3 is 1. The first-order chi connectivity index (χ1) is 8.52. The Labute approximate surface area is 106 Å². The van der Waals surface area contributed by atoms with Crippen molar-refractivity contribution < 1.29 is 14.3 Å². The maximum absolute atomic E-state index is 11.4. The lowest BCUT2D eigenvalue weighted by atomic mass is 10.1. The lowest BCUT2D eigenvalue weighted by Crippen LogP contribution is -2.29. The number of ether oxygens (including phenoxy) is 1. The van der Waals surface area contributed by atoms with E-state index < -0.39 is 0 Å². The Hall–Kier alpha value is -1.88. The van der Waals surface area contributed by atoms with Crippen LogP contribution in [0.2, 0.25) is 0 Å². The van der Waals surface area contributed by atoms with Gasteiger partial charge in [0.25, 0.3) is 0 Å². The summed E-state index contributed by atoms with van der Waals surface area (Å²) < 4.78 is 4.60. The molecule has 1 amide bonds. The fraction of sp³-hybridized carbons (Fsp3) is 0.385. The highest BCUT2D eigenvalue weighted by molar-refractivity contribution is 5.89. The number of carbonyl (C=O) groups is 2. The lowest BCUT2D eigenvalue weighted by molar-refractivity contribution is -0.121. The summed E-state index contributed by atoms with van der Waals surface area (Å²) in [6.07, 6.45) is 0.306. The molecule has 1 aromatic rings. The molecule has 3 N–H and O–H groups in total. The van der Waals surface area contributed by atoms with E-state index in [2.05, 4.69) is 10.1 Å². The van der Waals surface area contributed by atoms with Crippen molar-refractivity contribution in [3.63, 3.8) is 0 Å². The van der Waals surface area contributed by atoms with E-state index in [0.29, 0.717) is 18.5 Å². The van der Waals surface area contributed by atoms with Crippen molar-refractivity contribution in [3.8, 4) is 0 Å². The number of nitrogens with one attached hydrogen (secondary N) is 1. The second kappa shape index (κ2) is 6.76. The predicted octanol–water partition coefficient (Wildman–Crippen LogP) is 0.827. The van der Waals surface area contributed by atoms with E-state index in [0.717, 1.165) is 5.56 Å². The summed E-state index contributed by atoms with van der Waals surface area (Å²) in [6, 6.07) is 6.74. The maximum Gasteiger partial charge on any atom is 0.337 e. The van der Waals surface area contributed by atoms with E-state index in [9.17, 15) is 9.59 Å². The van der Waals surface area contributed by atoms with E-state index in [-0.39, 0.29) is 17.9 Å². The minimum absolute atomic E-state index is 0.0814. The van der Waals surface area contributed by atoms with Gasteiger partial charge in [0.1, 0.15) is 0 Å². The summed E-state index contributed by atoms with van der Waals surface area (Å²) in [5.41, 5.74) is 6.92. The van der Waals surface area contributed by atoms with Gasteiger partial charge in [0, 0.05) is 19.0 Å². The van der Waals surface area contributed by atoms with Gasteiger partial charge in [-0.2, -0.15) is 0 Å². The molecule has 98 valence electrons. The molecule has 0 saturated heterocycles. The largest absolute Gasteiger partial charge is 0.465 e. The SMILES string of the molecule is COC(=O)c1ccc(CNC(=O)CC(C)N)cc1. The molecule has 18 heavy (non-hydrogen) atoms. The van der Waals surface area contributed by atoms with Gasteiger partial charge in [0.15, 0.2) is 0 Å². The van der Waals surface area contributed by atoms with E-state index in [1.54, 1.807) is 31.2 Å². The fourth-order valence-corrected chi connectivity index (χ4v) is 1.44. The zero-order valence-electron chi connectivity index (χ0n) is 10.6. The van der Waals surface area contributed by atoms with Gasteiger partial charge in [0.2, 0.25) is 5.91 Å². The standard InChI is InChI=1S/C13H18N2O3/c1-9(14)7-12(16)15-8-10-3-5-11(6-4-10)13(17)18-2/h3-6,9H,7-8,14H2,1-2H3,(H,15,16). The molecular weight excluding hydrogens is 232 g/mol. The molecule has 1 rings (SSSR count). The van der Waals surface area contributed by atoms with Crippen LogP contribution >= 0.6 is 0 Å². The number of benzene rings is 1. The van der Waals surface area contributed by atoms with Crippen LogP contribution in [-0.2, 0) is 16.1 Å². The Bertz CT molecular complexity index is 413. The average Bonchev–Trinajstić information content (AvgIpc) is 2.35. The number of esters is 1. The number of nitrogens with two attached hydrogens (primary N) is 1. The molecule has 0 aliphatic carbocycles. The fourth-order valence-electron chi connectivity index (χ4n) is 1.44. The minimum Gasteiger partial charge on any atom is -0.465 e. The molecule has 0 aliphatic rings. The van der Waals surface area contributed by atoms with Crippen LogP contribution in [0, 0.1) is 0 Å². The van der Waals surface area contributed by atoms with Gasteiger partial charge in [-0.3, -0.25) is 4.79 Å². The van der Waals surface area contributed by atoms with Gasteiger partial charge in [-0.25, -0.2) is 4.79 Å². The zero-order valence-corrected chi connectivity index (χ0v) is 10.6. The molecule has 0 heterocycles. The normalized spacial score (nSPS) is 11.7. The molecule has 0 fully saturated rings. The molecule has 5 nitrogen and oxygen atoms in total. The number of amides is 1. The van der Waals surface area contributed by atoms with Crippen molar-refractivity contribution in [2.75, 3.05) is 7.11 Å². The van der Waals surface area contributed by atoms with Crippen LogP contribution in [0.4, 0.5) is 0 Å². The third kappa shape index (κ3) is 4.55. The summed E-state index contributed by atoms with van der Waals surface area (Å²) in [7, 11) is 1.34. The predicted molar refractivity (Wildman–Crippen MR) is 67.9 cm³/mol. The summed E-state index contributed by atoms with van der Waals surface area (Å²) in [4.78, 5) is 22.6. The van der Waals surface area contributed by atoms with Crippen LogP contribution in [0.1, 0.15) is 29.3 Å². The van der Waals surface area contributed by atoms with Crippen LogP contribution in [0.25, 0.3) is 0 Å². The second-order valence-electron chi connectivity index (χ2n) is 4.15. The van der Waals surface area contributed by atoms with Gasteiger partial charge in [-0.1, -0.05) is 12.1 Å². The van der Waals surface area contributed by atoms with Crippen LogP contribution in [0.15, 0.2) is 24.3 Å². The quantitative estimate of drug-likeness (QED) is 0.758. The molecule has 0 bridgehead atoms. The molecule has 1 unspecified atom stereocenters. The second-order valence-corrected chi connectivity index (χ2v) is 4.15. The van der Waals surface area contributed by atoms with E-state index in [1.165, 1.54) is 7.11 Å². The van der Waals surface area contributed by atoms with Crippen LogP contribution in [0.5, 0.6) is 0 Å². The van der Waals surface area contributed by atoms with Gasteiger partial charge < -0.3 is 15.8 Å². The topological polar surface area (TPSA) is 81.4 Å². The molecule has 0 aliphatic heterocycles. The van der Waals surface area contributed by atoms with Crippen molar-refractivity contribution in [1.82, 2.24) is 5.32 Å². The Morgan fingerprint density at radius 1 is 1.33 bits per heavy atom. The van der Waals surface area contributed by atoms with Gasteiger partial charge in [0.05, 0.1) is 12.7 Å². The van der Waals surface area contributed by atoms with Crippen LogP contribution < -0.4 is 11.1 Å². The van der Waals surface area contributed by atoms with Gasteiger partial charge in [-0.15, -0.1) is 0 Å². The molecule has 0 aromatic heterocycles. The highest BCUT2D eigenvalue weighted by Crippen LogP contribution is 2.05. The smallest absolute Gasteiger partial charge is 0.337 e. The van der Waals surface area contributed by atoms with Crippen molar-refractivity contribution in [3.05, 3.63) is 35.4 Å². The van der Waals surface area contributed by atoms with Gasteiger partial charge >= 0.3 is 5.97 Å². The van der Waals surface area contributed by atoms with E-state index >= 15 is 0 Å². The molecule has 0 radical (unpaired) electrons. The molecule has 5 heteroatoms. The Morgan fingerprint density at radius 3 is 2.44 bits per heavy atom.